The first-order valence-corrected chi connectivity index (χ1v) is 9.29. The maximum absolute atomic E-state index is 12.7. The number of hydrogen-bond donors (Lipinski definition) is 2. The second kappa shape index (κ2) is 8.15. The number of anilines is 1. The number of nitrogens with one attached hydrogen (secondary N) is 2. The third-order valence-electron chi connectivity index (χ3n) is 3.15. The maximum atomic E-state index is 12.7. The average molecular weight is 397 g/mol. The van der Waals surface area contributed by atoms with Crippen LogP contribution < -0.4 is 19.7 Å². The summed E-state index contributed by atoms with van der Waals surface area (Å²) in [5.74, 6) is -0.864. The molecule has 0 saturated carbocycles. The number of nitrogens with zero attached hydrogens (tertiary/aromatic N) is 1. The standard InChI is InChI=1S/C15H15N3O6S2/c1-22-11-13(26(20,21)18-24-3)12(25-15(11)23-2)14(19)17-10-7-5-4-6-9(10)8-16/h4-7,18H,1-3H3,(H,17,19). The van der Waals surface area contributed by atoms with E-state index in [0.717, 1.165) is 18.4 Å². The molecular formula is C15H15N3O6S2. The molecule has 11 heteroatoms. The van der Waals surface area contributed by atoms with Crippen LogP contribution in [0.15, 0.2) is 29.2 Å². The highest BCUT2D eigenvalue weighted by Crippen LogP contribution is 2.44. The van der Waals surface area contributed by atoms with Crippen LogP contribution in [-0.2, 0) is 14.9 Å². The molecule has 0 aliphatic carbocycles. The van der Waals surface area contributed by atoms with Gasteiger partial charge in [0.1, 0.15) is 10.9 Å². The summed E-state index contributed by atoms with van der Waals surface area (Å²) in [4.78, 5) is 18.4. The van der Waals surface area contributed by atoms with Gasteiger partial charge in [-0.2, -0.15) is 5.26 Å². The molecule has 9 nitrogen and oxygen atoms in total. The number of amides is 1. The number of carbonyl (C=O) groups is 1. The molecule has 0 fully saturated rings. The minimum absolute atomic E-state index is 0.0997. The van der Waals surface area contributed by atoms with E-state index in [-0.39, 0.29) is 26.9 Å². The third kappa shape index (κ3) is 3.78. The van der Waals surface area contributed by atoms with E-state index in [4.69, 9.17) is 14.7 Å². The van der Waals surface area contributed by atoms with E-state index >= 15 is 0 Å². The van der Waals surface area contributed by atoms with Gasteiger partial charge in [0.2, 0.25) is 5.06 Å². The molecule has 1 heterocycles. The fourth-order valence-corrected chi connectivity index (χ4v) is 4.56. The zero-order valence-electron chi connectivity index (χ0n) is 14.0. The fraction of sp³-hybridized carbons (Fsp3) is 0.200. The first-order valence-electron chi connectivity index (χ1n) is 6.99. The maximum Gasteiger partial charge on any atom is 0.267 e. The van der Waals surface area contributed by atoms with Crippen LogP contribution in [0, 0.1) is 11.3 Å². The molecule has 0 aliphatic heterocycles. The summed E-state index contributed by atoms with van der Waals surface area (Å²) < 4.78 is 35.1. The molecule has 1 amide bonds. The Morgan fingerprint density at radius 3 is 2.46 bits per heavy atom. The van der Waals surface area contributed by atoms with E-state index in [1.54, 1.807) is 12.1 Å². The van der Waals surface area contributed by atoms with E-state index in [9.17, 15) is 13.2 Å². The molecule has 1 aromatic heterocycles. The number of methoxy groups -OCH3 is 2. The van der Waals surface area contributed by atoms with Gasteiger partial charge in [0.15, 0.2) is 10.6 Å². The number of rotatable bonds is 7. The highest BCUT2D eigenvalue weighted by Gasteiger charge is 2.34. The van der Waals surface area contributed by atoms with Gasteiger partial charge in [0.25, 0.3) is 15.9 Å². The Bertz CT molecular complexity index is 962. The van der Waals surface area contributed by atoms with Crippen LogP contribution >= 0.6 is 11.3 Å². The van der Waals surface area contributed by atoms with Gasteiger partial charge in [0, 0.05) is 0 Å². The molecular weight excluding hydrogens is 382 g/mol. The van der Waals surface area contributed by atoms with Crippen molar-refractivity contribution in [3.63, 3.8) is 0 Å². The molecule has 0 unspecified atom stereocenters. The molecule has 26 heavy (non-hydrogen) atoms. The van der Waals surface area contributed by atoms with Crippen LogP contribution in [0.2, 0.25) is 0 Å². The molecule has 0 bridgehead atoms. The van der Waals surface area contributed by atoms with Gasteiger partial charge in [-0.1, -0.05) is 28.4 Å². The molecule has 0 aliphatic rings. The van der Waals surface area contributed by atoms with Gasteiger partial charge < -0.3 is 14.8 Å². The van der Waals surface area contributed by atoms with E-state index in [1.165, 1.54) is 26.4 Å². The predicted octanol–water partition coefficient (Wildman–Crippen LogP) is 1.73. The van der Waals surface area contributed by atoms with Crippen molar-refractivity contribution < 1.29 is 27.5 Å². The first-order chi connectivity index (χ1) is 12.4. The van der Waals surface area contributed by atoms with E-state index in [2.05, 4.69) is 10.2 Å². The average Bonchev–Trinajstić information content (AvgIpc) is 3.02. The van der Waals surface area contributed by atoms with E-state index < -0.39 is 20.8 Å². The topological polar surface area (TPSA) is 127 Å². The summed E-state index contributed by atoms with van der Waals surface area (Å²) in [5.41, 5.74) is 0.477. The first kappa shape index (κ1) is 19.7. The Hall–Kier alpha value is -2.65. The zero-order valence-corrected chi connectivity index (χ0v) is 15.7. The van der Waals surface area contributed by atoms with Crippen molar-refractivity contribution in [1.29, 1.82) is 5.26 Å². The van der Waals surface area contributed by atoms with Crippen molar-refractivity contribution in [1.82, 2.24) is 4.89 Å². The minimum atomic E-state index is -4.22. The van der Waals surface area contributed by atoms with Gasteiger partial charge in [-0.15, -0.1) is 0 Å². The van der Waals surface area contributed by atoms with Gasteiger partial charge >= 0.3 is 0 Å². The van der Waals surface area contributed by atoms with Crippen molar-refractivity contribution in [3.05, 3.63) is 34.7 Å². The van der Waals surface area contributed by atoms with Crippen LogP contribution in [0.5, 0.6) is 10.8 Å². The number of ether oxygens (including phenoxy) is 2. The van der Waals surface area contributed by atoms with Crippen LogP contribution in [0.3, 0.4) is 0 Å². The number of hydrogen-bond acceptors (Lipinski definition) is 8. The monoisotopic (exact) mass is 397 g/mol. The molecule has 0 atom stereocenters. The number of sulfonamides is 1. The van der Waals surface area contributed by atoms with Crippen LogP contribution in [0.25, 0.3) is 0 Å². The Balaban J connectivity index is 2.56. The molecule has 1 aromatic carbocycles. The lowest BCUT2D eigenvalue weighted by molar-refractivity contribution is 0.102. The second-order valence-corrected chi connectivity index (χ2v) is 7.25. The molecule has 0 saturated heterocycles. The van der Waals surface area contributed by atoms with Crippen molar-refractivity contribution in [2.24, 2.45) is 0 Å². The summed E-state index contributed by atoms with van der Waals surface area (Å²) >= 11 is 0.787. The lowest BCUT2D eigenvalue weighted by Crippen LogP contribution is -2.25. The smallest absolute Gasteiger partial charge is 0.267 e. The molecule has 0 spiro atoms. The van der Waals surface area contributed by atoms with Gasteiger partial charge in [0.05, 0.1) is 32.6 Å². The van der Waals surface area contributed by atoms with Gasteiger partial charge in [-0.3, -0.25) is 9.63 Å². The summed E-state index contributed by atoms with van der Waals surface area (Å²) in [6, 6.07) is 8.27. The van der Waals surface area contributed by atoms with E-state index in [0.29, 0.717) is 0 Å². The highest BCUT2D eigenvalue weighted by atomic mass is 32.2. The Labute approximate surface area is 154 Å². The number of nitriles is 1. The molecule has 0 radical (unpaired) electrons. The number of para-hydroxylation sites is 1. The largest absolute Gasteiger partial charge is 0.491 e. The van der Waals surface area contributed by atoms with Crippen molar-refractivity contribution >= 4 is 33.0 Å². The number of thiophene rings is 1. The summed E-state index contributed by atoms with van der Waals surface area (Å²) in [6.45, 7) is 0. The van der Waals surface area contributed by atoms with Crippen LogP contribution in [-0.4, -0.2) is 35.7 Å². The van der Waals surface area contributed by atoms with Gasteiger partial charge in [-0.05, 0) is 12.1 Å². The molecule has 2 rings (SSSR count). The predicted molar refractivity (Wildman–Crippen MR) is 93.9 cm³/mol. The second-order valence-electron chi connectivity index (χ2n) is 4.69. The van der Waals surface area contributed by atoms with Gasteiger partial charge in [-0.25, -0.2) is 8.42 Å². The summed E-state index contributed by atoms with van der Waals surface area (Å²) in [6.07, 6.45) is 0. The Morgan fingerprint density at radius 2 is 1.88 bits per heavy atom. The summed E-state index contributed by atoms with van der Waals surface area (Å²) in [5, 5.41) is 11.7. The number of benzene rings is 1. The van der Waals surface area contributed by atoms with Crippen molar-refractivity contribution in [2.75, 3.05) is 26.6 Å². The third-order valence-corrected chi connectivity index (χ3v) is 5.72. The normalized spacial score (nSPS) is 10.8. The molecule has 2 aromatic rings. The Kier molecular flexibility index (Phi) is 6.17. The van der Waals surface area contributed by atoms with Crippen LogP contribution in [0.1, 0.15) is 15.2 Å². The zero-order chi connectivity index (χ0) is 19.3. The van der Waals surface area contributed by atoms with Crippen LogP contribution in [0.4, 0.5) is 5.69 Å². The van der Waals surface area contributed by atoms with Crippen molar-refractivity contribution in [2.45, 2.75) is 4.90 Å². The minimum Gasteiger partial charge on any atom is -0.491 e. The van der Waals surface area contributed by atoms with E-state index in [1.807, 2.05) is 11.0 Å². The fourth-order valence-electron chi connectivity index (χ4n) is 2.11. The number of carbonyl (C=O) groups excluding carboxylic acids is 1. The lowest BCUT2D eigenvalue weighted by Gasteiger charge is -2.09. The molecule has 138 valence electrons. The summed E-state index contributed by atoms with van der Waals surface area (Å²) in [7, 11) is -0.523. The Morgan fingerprint density at radius 1 is 1.19 bits per heavy atom. The SMILES string of the molecule is CONS(=O)(=O)c1c(C(=O)Nc2ccccc2C#N)sc(OC)c1OC. The lowest BCUT2D eigenvalue weighted by atomic mass is 10.2. The molecule has 2 N–H and O–H groups in total. The quantitative estimate of drug-likeness (QED) is 0.681. The van der Waals surface area contributed by atoms with Crippen molar-refractivity contribution in [3.8, 4) is 16.9 Å². The highest BCUT2D eigenvalue weighted by molar-refractivity contribution is 7.89.